The van der Waals surface area contributed by atoms with Crippen molar-refractivity contribution in [2.45, 2.75) is 6.92 Å². The van der Waals surface area contributed by atoms with Crippen LogP contribution in [0.5, 0.6) is 5.75 Å². The third kappa shape index (κ3) is 2.23. The Hall–Kier alpha value is -2.42. The van der Waals surface area contributed by atoms with Gasteiger partial charge < -0.3 is 4.74 Å². The molecule has 2 aromatic carbocycles. The average molecular weight is 267 g/mol. The van der Waals surface area contributed by atoms with E-state index in [2.05, 4.69) is 4.98 Å². The van der Waals surface area contributed by atoms with Crippen molar-refractivity contribution in [1.29, 1.82) is 0 Å². The van der Waals surface area contributed by atoms with Gasteiger partial charge in [0.2, 0.25) is 0 Å². The summed E-state index contributed by atoms with van der Waals surface area (Å²) in [5, 5.41) is 0.939. The first-order valence-corrected chi connectivity index (χ1v) is 6.57. The van der Waals surface area contributed by atoms with Gasteiger partial charge in [0.1, 0.15) is 11.6 Å². The lowest BCUT2D eigenvalue weighted by atomic mass is 10.1. The van der Waals surface area contributed by atoms with Crippen molar-refractivity contribution in [3.05, 3.63) is 60.4 Å². The Labute approximate surface area is 116 Å². The third-order valence-corrected chi connectivity index (χ3v) is 3.13. The molecule has 0 aliphatic carbocycles. The second-order valence-corrected chi connectivity index (χ2v) is 4.44. The quantitative estimate of drug-likeness (QED) is 0.700. The summed E-state index contributed by atoms with van der Waals surface area (Å²) in [5.41, 5.74) is 1.88. The summed E-state index contributed by atoms with van der Waals surface area (Å²) >= 11 is 0. The highest BCUT2D eigenvalue weighted by Gasteiger charge is 2.10. The molecule has 3 heteroatoms. The predicted molar refractivity (Wildman–Crippen MR) is 78.3 cm³/mol. The Bertz CT molecular complexity index is 755. The molecule has 0 aliphatic heterocycles. The molecule has 0 saturated carbocycles. The largest absolute Gasteiger partial charge is 0.493 e. The van der Waals surface area contributed by atoms with Gasteiger partial charge in [-0.1, -0.05) is 24.3 Å². The first-order valence-electron chi connectivity index (χ1n) is 6.57. The molecule has 0 saturated heterocycles. The third-order valence-electron chi connectivity index (χ3n) is 3.13. The summed E-state index contributed by atoms with van der Waals surface area (Å²) in [6.07, 6.45) is 0. The topological polar surface area (TPSA) is 22.1 Å². The Morgan fingerprint density at radius 3 is 2.60 bits per heavy atom. The van der Waals surface area contributed by atoms with Crippen LogP contribution in [-0.2, 0) is 0 Å². The number of halogens is 1. The van der Waals surface area contributed by atoms with Crippen LogP contribution >= 0.6 is 0 Å². The van der Waals surface area contributed by atoms with Gasteiger partial charge in [-0.2, -0.15) is 0 Å². The SMILES string of the molecule is CCOc1cc(-c2ccccc2F)nc2ccccc12. The van der Waals surface area contributed by atoms with Crippen LogP contribution in [0, 0.1) is 5.82 Å². The molecule has 2 nitrogen and oxygen atoms in total. The second kappa shape index (κ2) is 5.29. The van der Waals surface area contributed by atoms with Gasteiger partial charge in [-0.3, -0.25) is 0 Å². The Kier molecular flexibility index (Phi) is 3.33. The van der Waals surface area contributed by atoms with Crippen molar-refractivity contribution in [3.63, 3.8) is 0 Å². The highest BCUT2D eigenvalue weighted by molar-refractivity contribution is 5.87. The molecule has 3 aromatic rings. The summed E-state index contributed by atoms with van der Waals surface area (Å²) in [4.78, 5) is 4.53. The van der Waals surface area contributed by atoms with Crippen molar-refractivity contribution in [2.75, 3.05) is 6.61 Å². The summed E-state index contributed by atoms with van der Waals surface area (Å²) in [5.74, 6) is 0.453. The molecule has 20 heavy (non-hydrogen) atoms. The van der Waals surface area contributed by atoms with Crippen LogP contribution in [0.4, 0.5) is 4.39 Å². The molecule has 0 aliphatic rings. The fourth-order valence-electron chi connectivity index (χ4n) is 2.23. The molecule has 0 amide bonds. The standard InChI is InChI=1S/C17H14FNO/c1-2-20-17-11-16(12-7-3-5-9-14(12)18)19-15-10-6-4-8-13(15)17/h3-11H,2H2,1H3. The maximum absolute atomic E-state index is 13.9. The number of rotatable bonds is 3. The molecule has 0 radical (unpaired) electrons. The molecule has 0 N–H and O–H groups in total. The van der Waals surface area contributed by atoms with E-state index in [1.165, 1.54) is 6.07 Å². The molecule has 0 unspecified atom stereocenters. The lowest BCUT2D eigenvalue weighted by molar-refractivity contribution is 0.344. The number of ether oxygens (including phenoxy) is 1. The van der Waals surface area contributed by atoms with Crippen LogP contribution in [0.3, 0.4) is 0 Å². The van der Waals surface area contributed by atoms with E-state index in [4.69, 9.17) is 4.74 Å². The zero-order valence-electron chi connectivity index (χ0n) is 11.1. The summed E-state index contributed by atoms with van der Waals surface area (Å²) in [7, 11) is 0. The van der Waals surface area contributed by atoms with Gasteiger partial charge in [-0.15, -0.1) is 0 Å². The summed E-state index contributed by atoms with van der Waals surface area (Å²) < 4.78 is 19.6. The van der Waals surface area contributed by atoms with Gasteiger partial charge >= 0.3 is 0 Å². The van der Waals surface area contributed by atoms with E-state index in [-0.39, 0.29) is 5.82 Å². The van der Waals surface area contributed by atoms with Gasteiger partial charge in [0.25, 0.3) is 0 Å². The highest BCUT2D eigenvalue weighted by Crippen LogP contribution is 2.30. The van der Waals surface area contributed by atoms with E-state index >= 15 is 0 Å². The van der Waals surface area contributed by atoms with Gasteiger partial charge in [0.15, 0.2) is 0 Å². The van der Waals surface area contributed by atoms with E-state index in [9.17, 15) is 4.39 Å². The molecule has 0 spiro atoms. The Balaban J connectivity index is 2.25. The van der Waals surface area contributed by atoms with E-state index in [1.54, 1.807) is 24.3 Å². The first kappa shape index (κ1) is 12.6. The Morgan fingerprint density at radius 1 is 1.05 bits per heavy atom. The lowest BCUT2D eigenvalue weighted by Gasteiger charge is -2.10. The molecular weight excluding hydrogens is 253 g/mol. The van der Waals surface area contributed by atoms with Crippen molar-refractivity contribution >= 4 is 10.9 Å². The fraction of sp³-hybridized carbons (Fsp3) is 0.118. The van der Waals surface area contributed by atoms with Crippen molar-refractivity contribution in [1.82, 2.24) is 4.98 Å². The van der Waals surface area contributed by atoms with Gasteiger partial charge in [-0.25, -0.2) is 9.37 Å². The number of aromatic nitrogens is 1. The minimum atomic E-state index is -0.280. The number of fused-ring (bicyclic) bond motifs is 1. The monoisotopic (exact) mass is 267 g/mol. The van der Waals surface area contributed by atoms with Crippen LogP contribution in [0.1, 0.15) is 6.92 Å². The molecular formula is C17H14FNO. The molecule has 100 valence electrons. The number of hydrogen-bond donors (Lipinski definition) is 0. The van der Waals surface area contributed by atoms with Gasteiger partial charge in [0.05, 0.1) is 17.8 Å². The van der Waals surface area contributed by atoms with Crippen LogP contribution < -0.4 is 4.74 Å². The molecule has 1 heterocycles. The molecule has 0 atom stereocenters. The number of pyridine rings is 1. The zero-order chi connectivity index (χ0) is 13.9. The van der Waals surface area contributed by atoms with Crippen LogP contribution in [0.25, 0.3) is 22.2 Å². The lowest BCUT2D eigenvalue weighted by Crippen LogP contribution is -1.96. The van der Waals surface area contributed by atoms with Gasteiger partial charge in [0, 0.05) is 17.0 Å². The smallest absolute Gasteiger partial charge is 0.132 e. The van der Waals surface area contributed by atoms with Crippen molar-refractivity contribution < 1.29 is 9.13 Å². The summed E-state index contributed by atoms with van der Waals surface area (Å²) in [6.45, 7) is 2.49. The summed E-state index contributed by atoms with van der Waals surface area (Å²) in [6, 6.07) is 16.1. The number of benzene rings is 2. The van der Waals surface area contributed by atoms with Crippen LogP contribution in [-0.4, -0.2) is 11.6 Å². The highest BCUT2D eigenvalue weighted by atomic mass is 19.1. The van der Waals surface area contributed by atoms with E-state index < -0.39 is 0 Å². The number of para-hydroxylation sites is 1. The Morgan fingerprint density at radius 2 is 1.80 bits per heavy atom. The van der Waals surface area contributed by atoms with E-state index in [0.29, 0.717) is 17.9 Å². The molecule has 0 fully saturated rings. The second-order valence-electron chi connectivity index (χ2n) is 4.44. The minimum Gasteiger partial charge on any atom is -0.493 e. The molecule has 3 rings (SSSR count). The van der Waals surface area contributed by atoms with Crippen molar-refractivity contribution in [3.8, 4) is 17.0 Å². The van der Waals surface area contributed by atoms with Crippen LogP contribution in [0.15, 0.2) is 54.6 Å². The number of hydrogen-bond acceptors (Lipinski definition) is 2. The maximum atomic E-state index is 13.9. The zero-order valence-corrected chi connectivity index (χ0v) is 11.1. The van der Waals surface area contributed by atoms with Crippen molar-refractivity contribution in [2.24, 2.45) is 0 Å². The van der Waals surface area contributed by atoms with E-state index in [1.807, 2.05) is 31.2 Å². The number of nitrogens with zero attached hydrogens (tertiary/aromatic N) is 1. The van der Waals surface area contributed by atoms with Gasteiger partial charge in [-0.05, 0) is 31.2 Å². The first-order chi connectivity index (χ1) is 9.79. The van der Waals surface area contributed by atoms with Crippen LogP contribution in [0.2, 0.25) is 0 Å². The minimum absolute atomic E-state index is 0.280. The predicted octanol–water partition coefficient (Wildman–Crippen LogP) is 4.44. The molecule has 1 aromatic heterocycles. The average Bonchev–Trinajstić information content (AvgIpc) is 2.48. The van der Waals surface area contributed by atoms with E-state index in [0.717, 1.165) is 16.7 Å². The maximum Gasteiger partial charge on any atom is 0.132 e. The normalized spacial score (nSPS) is 10.7. The fourth-order valence-corrected chi connectivity index (χ4v) is 2.23. The molecule has 0 bridgehead atoms.